The third-order valence-corrected chi connectivity index (χ3v) is 4.04. The number of benzene rings is 2. The molecule has 23 heavy (non-hydrogen) atoms. The molecule has 0 saturated carbocycles. The van der Waals surface area contributed by atoms with Crippen LogP contribution in [0.5, 0.6) is 0 Å². The standard InChI is InChI=1S/C18H18ClN3O/c1-12(15-8-4-5-9-16(15)19)21-13(2)18(23)22-17-10-6-3-7-14(17)11-20/h3-10,12-13,21H,1-2H3,(H,22,23)/p+1/t12-,13-/m0/s1. The lowest BCUT2D eigenvalue weighted by Gasteiger charge is -2.18. The van der Waals surface area contributed by atoms with Gasteiger partial charge in [-0.1, -0.05) is 41.9 Å². The molecule has 2 aromatic rings. The van der Waals surface area contributed by atoms with Gasteiger partial charge < -0.3 is 10.6 Å². The molecule has 0 aliphatic rings. The van der Waals surface area contributed by atoms with Gasteiger partial charge in [0, 0.05) is 10.6 Å². The van der Waals surface area contributed by atoms with Crippen LogP contribution in [0.15, 0.2) is 48.5 Å². The van der Waals surface area contributed by atoms with Crippen molar-refractivity contribution in [3.05, 3.63) is 64.7 Å². The lowest BCUT2D eigenvalue weighted by molar-refractivity contribution is -0.709. The van der Waals surface area contributed by atoms with Gasteiger partial charge in [-0.2, -0.15) is 5.26 Å². The monoisotopic (exact) mass is 328 g/mol. The van der Waals surface area contributed by atoms with Crippen molar-refractivity contribution in [3.63, 3.8) is 0 Å². The number of quaternary nitrogens is 1. The Balaban J connectivity index is 2.03. The fourth-order valence-corrected chi connectivity index (χ4v) is 2.71. The van der Waals surface area contributed by atoms with Gasteiger partial charge in [-0.15, -0.1) is 0 Å². The first-order valence-corrected chi connectivity index (χ1v) is 7.80. The number of rotatable bonds is 5. The molecule has 0 unspecified atom stereocenters. The van der Waals surface area contributed by atoms with Crippen molar-refractivity contribution in [2.45, 2.75) is 25.9 Å². The van der Waals surface area contributed by atoms with E-state index in [1.54, 1.807) is 24.3 Å². The van der Waals surface area contributed by atoms with E-state index in [0.717, 1.165) is 5.56 Å². The molecule has 0 saturated heterocycles. The first-order valence-electron chi connectivity index (χ1n) is 7.42. The van der Waals surface area contributed by atoms with E-state index in [2.05, 4.69) is 11.4 Å². The van der Waals surface area contributed by atoms with Gasteiger partial charge in [-0.25, -0.2) is 0 Å². The Labute approximate surface area is 141 Å². The Morgan fingerprint density at radius 1 is 1.17 bits per heavy atom. The lowest BCUT2D eigenvalue weighted by Crippen LogP contribution is -2.91. The van der Waals surface area contributed by atoms with Crippen LogP contribution in [-0.4, -0.2) is 11.9 Å². The van der Waals surface area contributed by atoms with Crippen molar-refractivity contribution >= 4 is 23.2 Å². The summed E-state index contributed by atoms with van der Waals surface area (Å²) in [7, 11) is 0. The summed E-state index contributed by atoms with van der Waals surface area (Å²) >= 11 is 6.19. The number of hydrogen-bond acceptors (Lipinski definition) is 2. The molecule has 0 radical (unpaired) electrons. The number of anilines is 1. The third-order valence-electron chi connectivity index (χ3n) is 3.69. The van der Waals surface area contributed by atoms with Gasteiger partial charge in [0.1, 0.15) is 12.1 Å². The van der Waals surface area contributed by atoms with E-state index in [4.69, 9.17) is 16.9 Å². The Morgan fingerprint density at radius 3 is 2.52 bits per heavy atom. The van der Waals surface area contributed by atoms with Crippen LogP contribution in [0.4, 0.5) is 5.69 Å². The number of carbonyl (C=O) groups is 1. The maximum atomic E-state index is 12.3. The zero-order valence-corrected chi connectivity index (χ0v) is 13.8. The van der Waals surface area contributed by atoms with E-state index in [1.807, 2.05) is 43.4 Å². The Hall–Kier alpha value is -2.35. The molecular formula is C18H19ClN3O+. The highest BCUT2D eigenvalue weighted by Gasteiger charge is 2.22. The van der Waals surface area contributed by atoms with E-state index in [0.29, 0.717) is 16.3 Å². The molecule has 0 aliphatic heterocycles. The number of carbonyl (C=O) groups excluding carboxylic acids is 1. The van der Waals surface area contributed by atoms with Gasteiger partial charge >= 0.3 is 0 Å². The highest BCUT2D eigenvalue weighted by molar-refractivity contribution is 6.31. The molecule has 0 bridgehead atoms. The van der Waals surface area contributed by atoms with Gasteiger partial charge in [0.05, 0.1) is 11.3 Å². The Bertz CT molecular complexity index is 739. The predicted molar refractivity (Wildman–Crippen MR) is 91.0 cm³/mol. The fourth-order valence-electron chi connectivity index (χ4n) is 2.40. The second-order valence-corrected chi connectivity index (χ2v) is 5.85. The molecule has 0 fully saturated rings. The summed E-state index contributed by atoms with van der Waals surface area (Å²) in [5.41, 5.74) is 1.98. The number of para-hydroxylation sites is 1. The molecule has 0 heterocycles. The number of nitrogens with two attached hydrogens (primary N) is 1. The topological polar surface area (TPSA) is 69.5 Å². The molecule has 0 spiro atoms. The summed E-state index contributed by atoms with van der Waals surface area (Å²) in [6.45, 7) is 3.84. The second-order valence-electron chi connectivity index (χ2n) is 5.44. The maximum absolute atomic E-state index is 12.3. The van der Waals surface area contributed by atoms with Crippen molar-refractivity contribution in [3.8, 4) is 6.07 Å². The molecule has 0 aliphatic carbocycles. The average molecular weight is 329 g/mol. The highest BCUT2D eigenvalue weighted by Crippen LogP contribution is 2.20. The Kier molecular flexibility index (Phi) is 5.75. The minimum atomic E-state index is -0.312. The van der Waals surface area contributed by atoms with Crippen LogP contribution < -0.4 is 10.6 Å². The van der Waals surface area contributed by atoms with E-state index in [1.165, 1.54) is 0 Å². The van der Waals surface area contributed by atoms with Gasteiger partial charge in [0.2, 0.25) is 0 Å². The van der Waals surface area contributed by atoms with E-state index < -0.39 is 0 Å². The number of nitrogens with one attached hydrogen (secondary N) is 1. The first kappa shape index (κ1) is 17.0. The summed E-state index contributed by atoms with van der Waals surface area (Å²) < 4.78 is 0. The molecule has 118 valence electrons. The molecular weight excluding hydrogens is 310 g/mol. The first-order chi connectivity index (χ1) is 11.0. The average Bonchev–Trinajstić information content (AvgIpc) is 2.55. The molecule has 5 heteroatoms. The van der Waals surface area contributed by atoms with Crippen LogP contribution in [-0.2, 0) is 4.79 Å². The van der Waals surface area contributed by atoms with E-state index in [9.17, 15) is 4.79 Å². The summed E-state index contributed by atoms with van der Waals surface area (Å²) in [5, 5.41) is 14.5. The van der Waals surface area contributed by atoms with E-state index >= 15 is 0 Å². The van der Waals surface area contributed by atoms with Gasteiger partial charge in [-0.3, -0.25) is 4.79 Å². The number of amides is 1. The summed E-state index contributed by atoms with van der Waals surface area (Å²) in [6, 6.07) is 16.4. The number of nitrogens with zero attached hydrogens (tertiary/aromatic N) is 1. The van der Waals surface area contributed by atoms with Gasteiger partial charge in [0.25, 0.3) is 5.91 Å². The second kappa shape index (κ2) is 7.77. The molecule has 3 N–H and O–H groups in total. The van der Waals surface area contributed by atoms with E-state index in [-0.39, 0.29) is 18.0 Å². The normalized spacial score (nSPS) is 13.0. The number of hydrogen-bond donors (Lipinski definition) is 2. The summed E-state index contributed by atoms with van der Waals surface area (Å²) in [6.07, 6.45) is 0. The maximum Gasteiger partial charge on any atom is 0.282 e. The van der Waals surface area contributed by atoms with Gasteiger partial charge in [0.15, 0.2) is 6.04 Å². The summed E-state index contributed by atoms with van der Waals surface area (Å²) in [5.74, 6) is -0.147. The zero-order valence-electron chi connectivity index (χ0n) is 13.1. The lowest BCUT2D eigenvalue weighted by atomic mass is 10.1. The van der Waals surface area contributed by atoms with Crippen molar-refractivity contribution in [1.82, 2.24) is 0 Å². The molecule has 2 rings (SSSR count). The van der Waals surface area contributed by atoms with Crippen molar-refractivity contribution in [2.75, 3.05) is 5.32 Å². The minimum Gasteiger partial charge on any atom is -0.330 e. The molecule has 0 aromatic heterocycles. The van der Waals surface area contributed by atoms with Crippen molar-refractivity contribution in [1.29, 1.82) is 5.26 Å². The number of halogens is 1. The van der Waals surface area contributed by atoms with Crippen molar-refractivity contribution in [2.24, 2.45) is 0 Å². The fraction of sp³-hybridized carbons (Fsp3) is 0.222. The van der Waals surface area contributed by atoms with Crippen LogP contribution >= 0.6 is 11.6 Å². The molecule has 1 amide bonds. The van der Waals surface area contributed by atoms with Crippen LogP contribution in [0.2, 0.25) is 5.02 Å². The van der Waals surface area contributed by atoms with Crippen molar-refractivity contribution < 1.29 is 10.1 Å². The molecule has 2 aromatic carbocycles. The quantitative estimate of drug-likeness (QED) is 0.886. The highest BCUT2D eigenvalue weighted by atomic mass is 35.5. The number of nitriles is 1. The van der Waals surface area contributed by atoms with Gasteiger partial charge in [-0.05, 0) is 32.0 Å². The molecule has 4 nitrogen and oxygen atoms in total. The minimum absolute atomic E-state index is 0.0515. The largest absolute Gasteiger partial charge is 0.330 e. The molecule has 2 atom stereocenters. The van der Waals surface area contributed by atoms with Crippen LogP contribution in [0.25, 0.3) is 0 Å². The SMILES string of the molecule is C[C@H]([NH2+][C@@H](C)c1ccccc1Cl)C(=O)Nc1ccccc1C#N. The van der Waals surface area contributed by atoms with Crippen LogP contribution in [0.3, 0.4) is 0 Å². The van der Waals surface area contributed by atoms with Crippen LogP contribution in [0.1, 0.15) is 31.0 Å². The van der Waals surface area contributed by atoms with Crippen LogP contribution in [0, 0.1) is 11.3 Å². The summed E-state index contributed by atoms with van der Waals surface area (Å²) in [4.78, 5) is 12.3. The zero-order chi connectivity index (χ0) is 16.8. The smallest absolute Gasteiger partial charge is 0.282 e. The predicted octanol–water partition coefficient (Wildman–Crippen LogP) is 2.86. The third kappa shape index (κ3) is 4.32. The Morgan fingerprint density at radius 2 is 1.83 bits per heavy atom.